The molecule has 26 heavy (non-hydrogen) atoms. The molecular weight excluding hydrogens is 330 g/mol. The number of aryl methyl sites for hydroxylation is 4. The number of nitrogens with zero attached hydrogens (tertiary/aromatic N) is 5. The molecule has 3 aromatic heterocycles. The van der Waals surface area contributed by atoms with Crippen LogP contribution in [0, 0.1) is 6.92 Å². The zero-order valence-electron chi connectivity index (χ0n) is 14.9. The molecule has 0 fully saturated rings. The molecule has 0 atom stereocenters. The van der Waals surface area contributed by atoms with Crippen LogP contribution in [-0.2, 0) is 27.1 Å². The van der Waals surface area contributed by atoms with E-state index in [0.29, 0.717) is 24.1 Å². The van der Waals surface area contributed by atoms with E-state index >= 15 is 0 Å². The Morgan fingerprint density at radius 2 is 1.77 bits per heavy atom. The lowest BCUT2D eigenvalue weighted by atomic mass is 10.0. The lowest BCUT2D eigenvalue weighted by Crippen LogP contribution is -2.40. The maximum Gasteiger partial charge on any atom is 0.332 e. The standard InChI is InChI=1S/C19H19N5O2/c1-12-14-6-4-5-7-15(14)13(10-20-12)8-9-24-18(25)16-17(21-11-22(16)2)23(3)19(24)26/h4-7,10-11H,8-9H2,1-3H3. The summed E-state index contributed by atoms with van der Waals surface area (Å²) >= 11 is 0. The maximum absolute atomic E-state index is 12.8. The molecule has 0 aliphatic heterocycles. The van der Waals surface area contributed by atoms with Crippen LogP contribution in [0.25, 0.3) is 21.9 Å². The van der Waals surface area contributed by atoms with Gasteiger partial charge < -0.3 is 4.57 Å². The van der Waals surface area contributed by atoms with E-state index < -0.39 is 0 Å². The van der Waals surface area contributed by atoms with Crippen LogP contribution < -0.4 is 11.2 Å². The molecule has 0 saturated heterocycles. The third-order valence-electron chi connectivity index (χ3n) is 4.88. The Balaban J connectivity index is 1.81. The highest BCUT2D eigenvalue weighted by Crippen LogP contribution is 2.21. The molecule has 0 N–H and O–H groups in total. The lowest BCUT2D eigenvalue weighted by Gasteiger charge is -2.11. The summed E-state index contributed by atoms with van der Waals surface area (Å²) < 4.78 is 4.34. The van der Waals surface area contributed by atoms with Crippen LogP contribution in [-0.4, -0.2) is 23.7 Å². The Labute approximate surface area is 149 Å². The Morgan fingerprint density at radius 3 is 2.54 bits per heavy atom. The van der Waals surface area contributed by atoms with Gasteiger partial charge in [0, 0.05) is 37.9 Å². The molecule has 0 saturated carbocycles. The van der Waals surface area contributed by atoms with E-state index in [2.05, 4.69) is 9.97 Å². The van der Waals surface area contributed by atoms with E-state index in [1.807, 2.05) is 37.4 Å². The number of aromatic nitrogens is 5. The first-order chi connectivity index (χ1) is 12.5. The van der Waals surface area contributed by atoms with Gasteiger partial charge in [0.2, 0.25) is 0 Å². The van der Waals surface area contributed by atoms with Crippen molar-refractivity contribution in [2.24, 2.45) is 14.1 Å². The topological polar surface area (TPSA) is 74.7 Å². The number of benzene rings is 1. The average Bonchev–Trinajstić information content (AvgIpc) is 3.03. The van der Waals surface area contributed by atoms with Crippen molar-refractivity contribution >= 4 is 21.9 Å². The van der Waals surface area contributed by atoms with E-state index in [1.54, 1.807) is 25.0 Å². The molecule has 7 nitrogen and oxygen atoms in total. The third kappa shape index (κ3) is 2.35. The van der Waals surface area contributed by atoms with E-state index in [9.17, 15) is 9.59 Å². The van der Waals surface area contributed by atoms with Gasteiger partial charge in [0.1, 0.15) is 0 Å². The van der Waals surface area contributed by atoms with Crippen molar-refractivity contribution in [3.63, 3.8) is 0 Å². The summed E-state index contributed by atoms with van der Waals surface area (Å²) in [4.78, 5) is 34.0. The minimum absolute atomic E-state index is 0.293. The predicted molar refractivity (Wildman–Crippen MR) is 100 cm³/mol. The maximum atomic E-state index is 12.8. The second-order valence-electron chi connectivity index (χ2n) is 6.49. The van der Waals surface area contributed by atoms with Crippen LogP contribution in [0.3, 0.4) is 0 Å². The van der Waals surface area contributed by atoms with Gasteiger partial charge in [-0.1, -0.05) is 24.3 Å². The summed E-state index contributed by atoms with van der Waals surface area (Å²) in [5, 5.41) is 2.19. The third-order valence-corrected chi connectivity index (χ3v) is 4.88. The van der Waals surface area contributed by atoms with Gasteiger partial charge in [0.15, 0.2) is 11.2 Å². The van der Waals surface area contributed by atoms with Crippen LogP contribution in [0.2, 0.25) is 0 Å². The highest BCUT2D eigenvalue weighted by atomic mass is 16.2. The molecule has 0 bridgehead atoms. The summed E-state index contributed by atoms with van der Waals surface area (Å²) in [6.45, 7) is 2.27. The van der Waals surface area contributed by atoms with Gasteiger partial charge >= 0.3 is 5.69 Å². The molecule has 0 aliphatic carbocycles. The first-order valence-corrected chi connectivity index (χ1v) is 8.43. The fraction of sp³-hybridized carbons (Fsp3) is 0.263. The van der Waals surface area contributed by atoms with Crippen molar-refractivity contribution in [3.8, 4) is 0 Å². The van der Waals surface area contributed by atoms with E-state index in [1.165, 1.54) is 9.13 Å². The summed E-state index contributed by atoms with van der Waals surface area (Å²) in [5.41, 5.74) is 2.15. The largest absolute Gasteiger partial charge is 0.332 e. The molecule has 0 unspecified atom stereocenters. The van der Waals surface area contributed by atoms with Gasteiger partial charge in [-0.2, -0.15) is 0 Å². The summed E-state index contributed by atoms with van der Waals surface area (Å²) in [6, 6.07) is 8.05. The molecular formula is C19H19N5O2. The average molecular weight is 349 g/mol. The number of rotatable bonds is 3. The van der Waals surface area contributed by atoms with Crippen molar-refractivity contribution in [1.82, 2.24) is 23.7 Å². The van der Waals surface area contributed by atoms with Gasteiger partial charge in [-0.3, -0.25) is 18.9 Å². The summed E-state index contributed by atoms with van der Waals surface area (Å²) in [5.74, 6) is 0. The van der Waals surface area contributed by atoms with Crippen LogP contribution in [0.5, 0.6) is 0 Å². The summed E-state index contributed by atoms with van der Waals surface area (Å²) in [6.07, 6.45) is 3.93. The van der Waals surface area contributed by atoms with Crippen molar-refractivity contribution < 1.29 is 0 Å². The minimum atomic E-state index is -0.356. The quantitative estimate of drug-likeness (QED) is 0.562. The Hall–Kier alpha value is -3.22. The molecule has 0 radical (unpaired) electrons. The van der Waals surface area contributed by atoms with Gasteiger partial charge in [0.05, 0.1) is 6.33 Å². The molecule has 0 amide bonds. The molecule has 4 rings (SSSR count). The molecule has 0 aliphatic rings. The second kappa shape index (κ2) is 5.94. The normalized spacial score (nSPS) is 11.5. The molecule has 0 spiro atoms. The number of pyridine rings is 1. The van der Waals surface area contributed by atoms with Crippen LogP contribution >= 0.6 is 0 Å². The van der Waals surface area contributed by atoms with Gasteiger partial charge in [-0.25, -0.2) is 9.78 Å². The minimum Gasteiger partial charge on any atom is -0.328 e. The highest BCUT2D eigenvalue weighted by Gasteiger charge is 2.15. The predicted octanol–water partition coefficient (Wildman–Crippen LogP) is 1.53. The molecule has 4 aromatic rings. The Bertz CT molecular complexity index is 1260. The van der Waals surface area contributed by atoms with Crippen molar-refractivity contribution in [2.75, 3.05) is 0 Å². The van der Waals surface area contributed by atoms with Crippen molar-refractivity contribution in [1.29, 1.82) is 0 Å². The van der Waals surface area contributed by atoms with Gasteiger partial charge in [-0.05, 0) is 24.3 Å². The second-order valence-corrected chi connectivity index (χ2v) is 6.49. The zero-order chi connectivity index (χ0) is 18.4. The van der Waals surface area contributed by atoms with Crippen LogP contribution in [0.4, 0.5) is 0 Å². The van der Waals surface area contributed by atoms with Crippen LogP contribution in [0.15, 0.2) is 46.4 Å². The fourth-order valence-corrected chi connectivity index (χ4v) is 3.42. The number of fused-ring (bicyclic) bond motifs is 2. The molecule has 1 aromatic carbocycles. The van der Waals surface area contributed by atoms with E-state index in [0.717, 1.165) is 22.0 Å². The lowest BCUT2D eigenvalue weighted by molar-refractivity contribution is 0.602. The SMILES string of the molecule is Cc1ncc(CCn2c(=O)c3c(ncn3C)n(C)c2=O)c2ccccc12. The van der Waals surface area contributed by atoms with Gasteiger partial charge in [0.25, 0.3) is 5.56 Å². The Kier molecular flexibility index (Phi) is 3.72. The van der Waals surface area contributed by atoms with Crippen molar-refractivity contribution in [2.45, 2.75) is 19.9 Å². The van der Waals surface area contributed by atoms with E-state index in [-0.39, 0.29) is 11.2 Å². The van der Waals surface area contributed by atoms with E-state index in [4.69, 9.17) is 0 Å². The first kappa shape index (κ1) is 16.3. The molecule has 7 heteroatoms. The highest BCUT2D eigenvalue weighted by molar-refractivity contribution is 5.87. The molecule has 3 heterocycles. The number of hydrogen-bond donors (Lipinski definition) is 0. The number of imidazole rings is 1. The fourth-order valence-electron chi connectivity index (χ4n) is 3.42. The van der Waals surface area contributed by atoms with Gasteiger partial charge in [-0.15, -0.1) is 0 Å². The zero-order valence-corrected chi connectivity index (χ0v) is 14.9. The molecule has 132 valence electrons. The summed E-state index contributed by atoms with van der Waals surface area (Å²) in [7, 11) is 3.39. The number of hydrogen-bond acceptors (Lipinski definition) is 4. The Morgan fingerprint density at radius 1 is 1.04 bits per heavy atom. The van der Waals surface area contributed by atoms with Crippen LogP contribution in [0.1, 0.15) is 11.3 Å². The first-order valence-electron chi connectivity index (χ1n) is 8.43. The smallest absolute Gasteiger partial charge is 0.328 e. The van der Waals surface area contributed by atoms with Crippen molar-refractivity contribution in [3.05, 3.63) is 68.9 Å². The monoisotopic (exact) mass is 349 g/mol.